The van der Waals surface area contributed by atoms with Crippen molar-refractivity contribution in [1.82, 2.24) is 20.1 Å². The Balaban J connectivity index is 0.00000306. The summed E-state index contributed by atoms with van der Waals surface area (Å²) < 4.78 is 5.51. The van der Waals surface area contributed by atoms with Crippen LogP contribution in [0.15, 0.2) is 23.3 Å². The molecule has 10 heteroatoms. The highest BCUT2D eigenvalue weighted by Gasteiger charge is 2.30. The van der Waals surface area contributed by atoms with E-state index in [1.54, 1.807) is 0 Å². The van der Waals surface area contributed by atoms with E-state index >= 15 is 0 Å². The summed E-state index contributed by atoms with van der Waals surface area (Å²) in [5, 5.41) is 3.48. The Morgan fingerprint density at radius 3 is 2.67 bits per heavy atom. The number of nitrogens with two attached hydrogens (primary N) is 1. The molecule has 3 N–H and O–H groups in total. The number of aliphatic imine (C=N–C) groups is 1. The molecule has 0 bridgehead atoms. The molecule has 1 aromatic heterocycles. The number of nitrogens with one attached hydrogen (secondary N) is 1. The van der Waals surface area contributed by atoms with Crippen LogP contribution in [-0.2, 0) is 16.1 Å². The highest BCUT2D eigenvalue weighted by molar-refractivity contribution is 14.0. The van der Waals surface area contributed by atoms with Crippen LogP contribution in [0.4, 0.5) is 5.82 Å². The fraction of sp³-hybridized carbons (Fsp3) is 0.696. The van der Waals surface area contributed by atoms with Gasteiger partial charge in [0.15, 0.2) is 5.96 Å². The number of piperidine rings is 1. The molecule has 3 saturated heterocycles. The van der Waals surface area contributed by atoms with Crippen LogP contribution in [-0.4, -0.2) is 91.7 Å². The van der Waals surface area contributed by atoms with Gasteiger partial charge in [-0.2, -0.15) is 0 Å². The molecular weight excluding hydrogens is 533 g/mol. The summed E-state index contributed by atoms with van der Waals surface area (Å²) >= 11 is 0. The van der Waals surface area contributed by atoms with Crippen LogP contribution in [0.2, 0.25) is 0 Å². The van der Waals surface area contributed by atoms with E-state index < -0.39 is 0 Å². The van der Waals surface area contributed by atoms with Crippen molar-refractivity contribution in [2.75, 3.05) is 63.9 Å². The number of halogens is 1. The molecule has 0 aliphatic carbocycles. The first-order valence-electron chi connectivity index (χ1n) is 12.0. The SMILES string of the molecule is CCNC(=NCc1cccnc1N1CCC(C(N)=O)CC1)N1CCC(N2CCOCC2)C1.I. The summed E-state index contributed by atoms with van der Waals surface area (Å²) in [5.74, 6) is 1.74. The summed E-state index contributed by atoms with van der Waals surface area (Å²) in [6.07, 6.45) is 4.57. The fourth-order valence-corrected chi connectivity index (χ4v) is 4.97. The van der Waals surface area contributed by atoms with Gasteiger partial charge in [0.05, 0.1) is 19.8 Å². The number of guanidine groups is 1. The molecule has 1 atom stereocenters. The number of primary amides is 1. The molecule has 0 spiro atoms. The molecule has 1 amide bonds. The number of nitrogens with zero attached hydrogens (tertiary/aromatic N) is 5. The van der Waals surface area contributed by atoms with Crippen LogP contribution in [0.1, 0.15) is 31.7 Å². The van der Waals surface area contributed by atoms with Crippen LogP contribution in [0.3, 0.4) is 0 Å². The molecule has 0 aromatic carbocycles. The smallest absolute Gasteiger partial charge is 0.220 e. The fourth-order valence-electron chi connectivity index (χ4n) is 4.97. The second-order valence-corrected chi connectivity index (χ2v) is 8.86. The summed E-state index contributed by atoms with van der Waals surface area (Å²) in [6, 6.07) is 4.65. The van der Waals surface area contributed by atoms with Crippen molar-refractivity contribution in [3.05, 3.63) is 23.9 Å². The number of hydrogen-bond acceptors (Lipinski definition) is 6. The van der Waals surface area contributed by atoms with Crippen molar-refractivity contribution in [2.24, 2.45) is 16.6 Å². The number of ether oxygens (including phenoxy) is 1. The van der Waals surface area contributed by atoms with Gasteiger partial charge < -0.3 is 25.6 Å². The third-order valence-corrected chi connectivity index (χ3v) is 6.82. The maximum absolute atomic E-state index is 11.5. The Morgan fingerprint density at radius 1 is 1.21 bits per heavy atom. The zero-order valence-electron chi connectivity index (χ0n) is 19.6. The van der Waals surface area contributed by atoms with Crippen LogP contribution in [0.5, 0.6) is 0 Å². The van der Waals surface area contributed by atoms with Crippen molar-refractivity contribution >= 4 is 41.7 Å². The number of carbonyl (C=O) groups is 1. The molecule has 4 rings (SSSR count). The van der Waals surface area contributed by atoms with Gasteiger partial charge in [-0.1, -0.05) is 6.07 Å². The number of aromatic nitrogens is 1. The maximum Gasteiger partial charge on any atom is 0.220 e. The van der Waals surface area contributed by atoms with Crippen LogP contribution in [0.25, 0.3) is 0 Å². The second kappa shape index (κ2) is 12.7. The van der Waals surface area contributed by atoms with E-state index in [-0.39, 0.29) is 35.8 Å². The molecule has 9 nitrogen and oxygen atoms in total. The summed E-state index contributed by atoms with van der Waals surface area (Å²) in [6.45, 7) is 10.9. The Bertz CT molecular complexity index is 795. The minimum atomic E-state index is -0.188. The first-order chi connectivity index (χ1) is 15.7. The van der Waals surface area contributed by atoms with Crippen molar-refractivity contribution in [3.63, 3.8) is 0 Å². The van der Waals surface area contributed by atoms with Crippen LogP contribution < -0.4 is 16.0 Å². The number of morpholine rings is 1. The summed E-state index contributed by atoms with van der Waals surface area (Å²) in [5.41, 5.74) is 6.61. The number of likely N-dealkylation sites (tertiary alicyclic amines) is 1. The van der Waals surface area contributed by atoms with E-state index in [1.807, 2.05) is 12.3 Å². The molecule has 3 fully saturated rings. The van der Waals surface area contributed by atoms with E-state index in [9.17, 15) is 4.79 Å². The first-order valence-corrected chi connectivity index (χ1v) is 12.0. The second-order valence-electron chi connectivity index (χ2n) is 8.86. The molecule has 3 aliphatic heterocycles. The lowest BCUT2D eigenvalue weighted by Crippen LogP contribution is -2.46. The van der Waals surface area contributed by atoms with Gasteiger partial charge in [0.25, 0.3) is 0 Å². The van der Waals surface area contributed by atoms with Gasteiger partial charge >= 0.3 is 0 Å². The van der Waals surface area contributed by atoms with Crippen molar-refractivity contribution in [3.8, 4) is 0 Å². The average molecular weight is 572 g/mol. The van der Waals surface area contributed by atoms with Gasteiger partial charge in [0.2, 0.25) is 5.91 Å². The van der Waals surface area contributed by atoms with Gasteiger partial charge in [-0.3, -0.25) is 9.69 Å². The minimum Gasteiger partial charge on any atom is -0.379 e. The minimum absolute atomic E-state index is 0. The molecule has 1 unspecified atom stereocenters. The highest BCUT2D eigenvalue weighted by Crippen LogP contribution is 2.25. The lowest BCUT2D eigenvalue weighted by molar-refractivity contribution is -0.122. The van der Waals surface area contributed by atoms with Crippen molar-refractivity contribution in [2.45, 2.75) is 38.8 Å². The van der Waals surface area contributed by atoms with E-state index in [2.05, 4.69) is 38.0 Å². The Morgan fingerprint density at radius 2 is 1.97 bits per heavy atom. The monoisotopic (exact) mass is 571 g/mol. The lowest BCUT2D eigenvalue weighted by atomic mass is 9.96. The zero-order valence-corrected chi connectivity index (χ0v) is 21.9. The molecule has 1 aromatic rings. The third-order valence-electron chi connectivity index (χ3n) is 6.82. The highest BCUT2D eigenvalue weighted by atomic mass is 127. The Kier molecular flexibility index (Phi) is 9.99. The van der Waals surface area contributed by atoms with Gasteiger partial charge in [0, 0.05) is 69.5 Å². The zero-order chi connectivity index (χ0) is 22.3. The van der Waals surface area contributed by atoms with E-state index in [0.717, 1.165) is 95.6 Å². The molecule has 184 valence electrons. The molecule has 33 heavy (non-hydrogen) atoms. The van der Waals surface area contributed by atoms with Gasteiger partial charge in [-0.15, -0.1) is 24.0 Å². The van der Waals surface area contributed by atoms with Gasteiger partial charge in [-0.25, -0.2) is 9.98 Å². The van der Waals surface area contributed by atoms with Crippen molar-refractivity contribution < 1.29 is 9.53 Å². The third kappa shape index (κ3) is 6.69. The number of carbonyl (C=O) groups excluding carboxylic acids is 1. The number of rotatable bonds is 6. The van der Waals surface area contributed by atoms with E-state index in [1.165, 1.54) is 0 Å². The van der Waals surface area contributed by atoms with E-state index in [0.29, 0.717) is 12.6 Å². The predicted octanol–water partition coefficient (Wildman–Crippen LogP) is 1.27. The average Bonchev–Trinajstić information content (AvgIpc) is 3.33. The topological polar surface area (TPSA) is 99.3 Å². The molecule has 3 aliphatic rings. The largest absolute Gasteiger partial charge is 0.379 e. The maximum atomic E-state index is 11.5. The number of amides is 1. The van der Waals surface area contributed by atoms with Crippen LogP contribution >= 0.6 is 24.0 Å². The van der Waals surface area contributed by atoms with E-state index in [4.69, 9.17) is 15.5 Å². The van der Waals surface area contributed by atoms with Gasteiger partial charge in [0.1, 0.15) is 5.82 Å². The summed E-state index contributed by atoms with van der Waals surface area (Å²) in [4.78, 5) is 28.4. The van der Waals surface area contributed by atoms with Crippen molar-refractivity contribution in [1.29, 1.82) is 0 Å². The standard InChI is InChI=1S/C23H37N7O2.HI/c1-2-25-23(30-11-7-20(17-30)28-12-14-32-15-13-28)27-16-19-4-3-8-26-22(19)29-9-5-18(6-10-29)21(24)31;/h3-4,8,18,20H,2,5-7,9-17H2,1H3,(H2,24,31)(H,25,27);1H. The Hall–Kier alpha value is -1.66. The Labute approximate surface area is 214 Å². The van der Waals surface area contributed by atoms with Crippen LogP contribution in [0, 0.1) is 5.92 Å². The quantitative estimate of drug-likeness (QED) is 0.302. The first kappa shape index (κ1) is 26.0. The molecule has 0 radical (unpaired) electrons. The molecular formula is C23H38IN7O2. The van der Waals surface area contributed by atoms with Gasteiger partial charge in [-0.05, 0) is 32.3 Å². The number of pyridine rings is 1. The normalized spacial score (nSPS) is 22.8. The lowest BCUT2D eigenvalue weighted by Gasteiger charge is -2.32. The number of anilines is 1. The summed E-state index contributed by atoms with van der Waals surface area (Å²) in [7, 11) is 0. The predicted molar refractivity (Wildman–Crippen MR) is 141 cm³/mol. The molecule has 0 saturated carbocycles. The molecule has 4 heterocycles. The number of hydrogen-bond donors (Lipinski definition) is 2.